The third-order valence-electron chi connectivity index (χ3n) is 1.65. The van der Waals surface area contributed by atoms with Crippen molar-refractivity contribution >= 4 is 6.21 Å². The van der Waals surface area contributed by atoms with E-state index in [1.807, 2.05) is 6.92 Å². The van der Waals surface area contributed by atoms with E-state index in [0.717, 1.165) is 19.7 Å². The van der Waals surface area contributed by atoms with Crippen LogP contribution in [0.3, 0.4) is 0 Å². The predicted molar refractivity (Wildman–Crippen MR) is 41.1 cm³/mol. The minimum absolute atomic E-state index is 0.670. The van der Waals surface area contributed by atoms with Crippen molar-refractivity contribution in [3.63, 3.8) is 0 Å². The van der Waals surface area contributed by atoms with Gasteiger partial charge in [0.15, 0.2) is 0 Å². The van der Waals surface area contributed by atoms with Gasteiger partial charge in [-0.05, 0) is 19.9 Å². The average molecular weight is 142 g/mol. The molecule has 1 N–H and O–H groups in total. The summed E-state index contributed by atoms with van der Waals surface area (Å²) in [5.74, 6) is 0.670. The molecule has 1 saturated heterocycles. The van der Waals surface area contributed by atoms with E-state index >= 15 is 0 Å². The summed E-state index contributed by atoms with van der Waals surface area (Å²) >= 11 is 0. The maximum Gasteiger partial charge on any atom is 0.121 e. The first-order valence-corrected chi connectivity index (χ1v) is 3.74. The lowest BCUT2D eigenvalue weighted by Gasteiger charge is -2.04. The molecule has 3 nitrogen and oxygen atoms in total. The van der Waals surface area contributed by atoms with Crippen molar-refractivity contribution in [3.05, 3.63) is 0 Å². The Morgan fingerprint density at radius 1 is 1.80 bits per heavy atom. The van der Waals surface area contributed by atoms with Crippen molar-refractivity contribution in [1.82, 2.24) is 5.32 Å². The topological polar surface area (TPSA) is 33.6 Å². The SMILES string of the molecule is CC=NOCC1CCNC1. The van der Waals surface area contributed by atoms with E-state index in [-0.39, 0.29) is 0 Å². The second-order valence-electron chi connectivity index (χ2n) is 2.52. The molecule has 1 rings (SSSR count). The molecule has 58 valence electrons. The highest BCUT2D eigenvalue weighted by molar-refractivity contribution is 5.52. The highest BCUT2D eigenvalue weighted by atomic mass is 16.6. The standard InChI is InChI=1S/C7H14N2O/c1-2-9-10-6-7-3-4-8-5-7/h2,7-8H,3-6H2,1H3. The van der Waals surface area contributed by atoms with Gasteiger partial charge in [0.2, 0.25) is 0 Å². The molecular weight excluding hydrogens is 128 g/mol. The molecule has 0 spiro atoms. The summed E-state index contributed by atoms with van der Waals surface area (Å²) < 4.78 is 0. The molecule has 0 aromatic heterocycles. The minimum atomic E-state index is 0.670. The first-order valence-electron chi connectivity index (χ1n) is 3.74. The lowest BCUT2D eigenvalue weighted by molar-refractivity contribution is 0.114. The van der Waals surface area contributed by atoms with Crippen LogP contribution in [0.15, 0.2) is 5.16 Å². The van der Waals surface area contributed by atoms with E-state index in [4.69, 9.17) is 4.84 Å². The van der Waals surface area contributed by atoms with Gasteiger partial charge in [-0.25, -0.2) is 0 Å². The zero-order valence-electron chi connectivity index (χ0n) is 6.34. The third-order valence-corrected chi connectivity index (χ3v) is 1.65. The molecule has 1 aliphatic rings. The molecule has 1 heterocycles. The molecule has 1 aliphatic heterocycles. The van der Waals surface area contributed by atoms with E-state index in [2.05, 4.69) is 10.5 Å². The van der Waals surface area contributed by atoms with Crippen LogP contribution in [0.25, 0.3) is 0 Å². The van der Waals surface area contributed by atoms with Gasteiger partial charge in [0.05, 0.1) is 0 Å². The number of nitrogens with one attached hydrogen (secondary N) is 1. The van der Waals surface area contributed by atoms with Crippen LogP contribution >= 0.6 is 0 Å². The molecule has 0 aromatic rings. The van der Waals surface area contributed by atoms with Gasteiger partial charge in [-0.15, -0.1) is 0 Å². The number of rotatable bonds is 3. The molecule has 0 amide bonds. The summed E-state index contributed by atoms with van der Waals surface area (Å²) in [6, 6.07) is 0. The Kier molecular flexibility index (Phi) is 3.22. The van der Waals surface area contributed by atoms with Crippen LogP contribution in [0.4, 0.5) is 0 Å². The number of hydrogen-bond acceptors (Lipinski definition) is 3. The Hall–Kier alpha value is -0.570. The summed E-state index contributed by atoms with van der Waals surface area (Å²) in [5, 5.41) is 6.95. The van der Waals surface area contributed by atoms with Crippen LogP contribution in [-0.4, -0.2) is 25.9 Å². The highest BCUT2D eigenvalue weighted by Gasteiger charge is 2.14. The van der Waals surface area contributed by atoms with Crippen molar-refractivity contribution in [2.24, 2.45) is 11.1 Å². The molecule has 10 heavy (non-hydrogen) atoms. The number of nitrogens with zero attached hydrogens (tertiary/aromatic N) is 1. The monoisotopic (exact) mass is 142 g/mol. The van der Waals surface area contributed by atoms with Crippen LogP contribution in [-0.2, 0) is 4.84 Å². The molecular formula is C7H14N2O. The number of oxime groups is 1. The Morgan fingerprint density at radius 2 is 2.70 bits per heavy atom. The Morgan fingerprint density at radius 3 is 3.30 bits per heavy atom. The van der Waals surface area contributed by atoms with Crippen molar-refractivity contribution < 1.29 is 4.84 Å². The molecule has 1 unspecified atom stereocenters. The fourth-order valence-corrected chi connectivity index (χ4v) is 1.08. The summed E-state index contributed by atoms with van der Waals surface area (Å²) in [6.07, 6.45) is 2.89. The Balaban J connectivity index is 2.01. The van der Waals surface area contributed by atoms with Gasteiger partial charge in [-0.3, -0.25) is 0 Å². The van der Waals surface area contributed by atoms with Crippen LogP contribution in [0.1, 0.15) is 13.3 Å². The molecule has 1 atom stereocenters. The first kappa shape index (κ1) is 7.54. The second-order valence-corrected chi connectivity index (χ2v) is 2.52. The van der Waals surface area contributed by atoms with Crippen molar-refractivity contribution in [2.75, 3.05) is 19.7 Å². The van der Waals surface area contributed by atoms with E-state index in [9.17, 15) is 0 Å². The Bertz CT molecular complexity index is 108. The third kappa shape index (κ3) is 2.35. The lowest BCUT2D eigenvalue weighted by Crippen LogP contribution is -2.12. The van der Waals surface area contributed by atoms with Gasteiger partial charge >= 0.3 is 0 Å². The van der Waals surface area contributed by atoms with E-state index in [0.29, 0.717) is 5.92 Å². The van der Waals surface area contributed by atoms with Gasteiger partial charge in [0.1, 0.15) is 6.61 Å². The molecule has 1 fully saturated rings. The van der Waals surface area contributed by atoms with E-state index in [1.54, 1.807) is 6.21 Å². The van der Waals surface area contributed by atoms with Crippen LogP contribution in [0, 0.1) is 5.92 Å². The van der Waals surface area contributed by atoms with Crippen LogP contribution < -0.4 is 5.32 Å². The molecule has 0 saturated carbocycles. The van der Waals surface area contributed by atoms with Crippen molar-refractivity contribution in [3.8, 4) is 0 Å². The predicted octanol–water partition coefficient (Wildman–Crippen LogP) is 0.618. The zero-order chi connectivity index (χ0) is 7.23. The normalized spacial score (nSPS) is 25.9. The van der Waals surface area contributed by atoms with Crippen molar-refractivity contribution in [1.29, 1.82) is 0 Å². The van der Waals surface area contributed by atoms with E-state index in [1.165, 1.54) is 6.42 Å². The number of hydrogen-bond donors (Lipinski definition) is 1. The van der Waals surface area contributed by atoms with Gasteiger partial charge in [0.25, 0.3) is 0 Å². The summed E-state index contributed by atoms with van der Waals surface area (Å²) in [7, 11) is 0. The Labute approximate surface area is 61.4 Å². The van der Waals surface area contributed by atoms with Gasteiger partial charge < -0.3 is 10.2 Å². The summed E-state index contributed by atoms with van der Waals surface area (Å²) in [4.78, 5) is 5.00. The maximum absolute atomic E-state index is 5.00. The average Bonchev–Trinajstić information content (AvgIpc) is 2.41. The van der Waals surface area contributed by atoms with Gasteiger partial charge in [0, 0.05) is 18.7 Å². The molecule has 0 aliphatic carbocycles. The molecule has 0 bridgehead atoms. The van der Waals surface area contributed by atoms with Gasteiger partial charge in [-0.2, -0.15) is 0 Å². The fourth-order valence-electron chi connectivity index (χ4n) is 1.08. The fraction of sp³-hybridized carbons (Fsp3) is 0.857. The first-order chi connectivity index (χ1) is 4.93. The zero-order valence-corrected chi connectivity index (χ0v) is 6.34. The molecule has 0 aromatic carbocycles. The molecule has 3 heteroatoms. The second kappa shape index (κ2) is 4.28. The highest BCUT2D eigenvalue weighted by Crippen LogP contribution is 2.06. The van der Waals surface area contributed by atoms with Crippen LogP contribution in [0.2, 0.25) is 0 Å². The van der Waals surface area contributed by atoms with Gasteiger partial charge in [-0.1, -0.05) is 5.16 Å². The van der Waals surface area contributed by atoms with Crippen LogP contribution in [0.5, 0.6) is 0 Å². The molecule has 0 radical (unpaired) electrons. The largest absolute Gasteiger partial charge is 0.396 e. The van der Waals surface area contributed by atoms with E-state index < -0.39 is 0 Å². The maximum atomic E-state index is 5.00. The summed E-state index contributed by atoms with van der Waals surface area (Å²) in [5.41, 5.74) is 0. The smallest absolute Gasteiger partial charge is 0.121 e. The van der Waals surface area contributed by atoms with Crippen molar-refractivity contribution in [2.45, 2.75) is 13.3 Å². The summed E-state index contributed by atoms with van der Waals surface area (Å²) in [6.45, 7) is 4.83. The quantitative estimate of drug-likeness (QED) is 0.463. The minimum Gasteiger partial charge on any atom is -0.396 e. The lowest BCUT2D eigenvalue weighted by atomic mass is 10.1.